The summed E-state index contributed by atoms with van der Waals surface area (Å²) in [7, 11) is 7.10. The molecule has 0 bridgehead atoms. The molecule has 224 valence electrons. The molecular weight excluding hydrogens is 540 g/mol. The molecule has 0 spiro atoms. The zero-order chi connectivity index (χ0) is 29.9. The molecule has 0 fully saturated rings. The molecule has 4 aromatic rings. The number of aromatic nitrogens is 4. The van der Waals surface area contributed by atoms with Crippen molar-refractivity contribution in [2.45, 2.75) is 25.9 Å². The van der Waals surface area contributed by atoms with Gasteiger partial charge < -0.3 is 39.0 Å². The lowest BCUT2D eigenvalue weighted by atomic mass is 10.2. The van der Waals surface area contributed by atoms with Gasteiger partial charge in [-0.1, -0.05) is 24.3 Å². The van der Waals surface area contributed by atoms with E-state index in [1.54, 1.807) is 14.2 Å². The van der Waals surface area contributed by atoms with Gasteiger partial charge >= 0.3 is 12.0 Å². The van der Waals surface area contributed by atoms with Crippen LogP contribution in [0.25, 0.3) is 11.0 Å². The van der Waals surface area contributed by atoms with E-state index in [-0.39, 0.29) is 38.4 Å². The first-order chi connectivity index (χ1) is 20.4. The molecule has 2 heterocycles. The van der Waals surface area contributed by atoms with Crippen LogP contribution in [0.2, 0.25) is 0 Å². The zero-order valence-corrected chi connectivity index (χ0v) is 24.5. The summed E-state index contributed by atoms with van der Waals surface area (Å²) in [5.41, 5.74) is 3.06. The number of hydrogen-bond acceptors (Lipinski definition) is 12. The van der Waals surface area contributed by atoms with Gasteiger partial charge in [-0.15, -0.1) is 0 Å². The number of fused-ring (bicyclic) bond motifs is 1. The smallest absolute Gasteiger partial charge is 0.319 e. The Kier molecular flexibility index (Phi) is 10.9. The molecule has 0 saturated heterocycles. The highest BCUT2D eigenvalue weighted by atomic mass is 16.5. The summed E-state index contributed by atoms with van der Waals surface area (Å²) < 4.78 is 22.3. The van der Waals surface area contributed by atoms with Gasteiger partial charge in [-0.05, 0) is 35.4 Å². The third-order valence-corrected chi connectivity index (χ3v) is 6.41. The molecular formula is C30H38N6O6. The Morgan fingerprint density at radius 2 is 0.976 bits per heavy atom. The van der Waals surface area contributed by atoms with E-state index in [2.05, 4.69) is 0 Å². The average molecular weight is 579 g/mol. The van der Waals surface area contributed by atoms with Crippen LogP contribution in [0.5, 0.6) is 23.5 Å². The minimum absolute atomic E-state index is 0.00862. The molecule has 42 heavy (non-hydrogen) atoms. The first-order valence-electron chi connectivity index (χ1n) is 13.7. The fourth-order valence-corrected chi connectivity index (χ4v) is 4.22. The number of nitrogens with zero attached hydrogens (tertiary/aromatic N) is 6. The number of anilines is 2. The van der Waals surface area contributed by atoms with Crippen molar-refractivity contribution in [2.24, 2.45) is 0 Å². The monoisotopic (exact) mass is 578 g/mol. The van der Waals surface area contributed by atoms with E-state index in [9.17, 15) is 10.2 Å². The third kappa shape index (κ3) is 7.86. The lowest BCUT2D eigenvalue weighted by Crippen LogP contribution is -2.22. The Morgan fingerprint density at radius 3 is 1.31 bits per heavy atom. The molecule has 12 heteroatoms. The van der Waals surface area contributed by atoms with Crippen molar-refractivity contribution in [1.29, 1.82) is 0 Å². The number of hydrogen-bond donors (Lipinski definition) is 2. The minimum atomic E-state index is -0.00862. The van der Waals surface area contributed by atoms with E-state index in [4.69, 9.17) is 38.9 Å². The molecule has 0 aliphatic heterocycles. The highest BCUT2D eigenvalue weighted by Crippen LogP contribution is 2.33. The van der Waals surface area contributed by atoms with Gasteiger partial charge in [-0.25, -0.2) is 0 Å². The molecule has 12 nitrogen and oxygen atoms in total. The topological polar surface area (TPSA) is 135 Å². The van der Waals surface area contributed by atoms with Crippen molar-refractivity contribution in [2.75, 3.05) is 64.5 Å². The second-order valence-corrected chi connectivity index (χ2v) is 9.62. The summed E-state index contributed by atoms with van der Waals surface area (Å²) in [5.74, 6) is 2.61. The van der Waals surface area contributed by atoms with E-state index in [1.807, 2.05) is 72.4 Å². The van der Waals surface area contributed by atoms with Gasteiger partial charge in [0.2, 0.25) is 0 Å². The molecule has 4 rings (SSSR count). The minimum Gasteiger partial charge on any atom is -0.497 e. The number of aliphatic hydroxyl groups is 2. The number of methoxy groups -OCH3 is 2. The molecule has 2 aromatic carbocycles. The van der Waals surface area contributed by atoms with Crippen molar-refractivity contribution in [1.82, 2.24) is 19.9 Å². The van der Waals surface area contributed by atoms with Crippen molar-refractivity contribution >= 4 is 22.7 Å². The first-order valence-corrected chi connectivity index (χ1v) is 13.7. The predicted molar refractivity (Wildman–Crippen MR) is 160 cm³/mol. The van der Waals surface area contributed by atoms with Crippen LogP contribution < -0.4 is 28.7 Å². The molecule has 0 saturated carbocycles. The Labute approximate surface area is 245 Å². The highest BCUT2D eigenvalue weighted by Gasteiger charge is 2.22. The van der Waals surface area contributed by atoms with E-state index in [0.29, 0.717) is 48.6 Å². The maximum atomic E-state index is 9.27. The van der Waals surface area contributed by atoms with Gasteiger partial charge in [0.1, 0.15) is 22.5 Å². The van der Waals surface area contributed by atoms with Crippen LogP contribution in [-0.4, -0.2) is 84.9 Å². The van der Waals surface area contributed by atoms with Crippen molar-refractivity contribution in [3.8, 4) is 23.5 Å². The van der Waals surface area contributed by atoms with Crippen LogP contribution in [0.3, 0.4) is 0 Å². The molecule has 0 atom stereocenters. The summed E-state index contributed by atoms with van der Waals surface area (Å²) in [6, 6.07) is 15.9. The Morgan fingerprint density at radius 1 is 0.595 bits per heavy atom. The summed E-state index contributed by atoms with van der Waals surface area (Å²) in [5, 5.41) is 18.5. The number of rotatable bonds is 16. The molecule has 0 radical (unpaired) electrons. The summed E-state index contributed by atoms with van der Waals surface area (Å²) in [4.78, 5) is 22.8. The quantitative estimate of drug-likeness (QED) is 0.189. The fourth-order valence-electron chi connectivity index (χ4n) is 4.22. The van der Waals surface area contributed by atoms with Gasteiger partial charge in [-0.3, -0.25) is 0 Å². The Bertz CT molecular complexity index is 1310. The standard InChI is InChI=1S/C30H38N6O6/c1-35(19-21-7-11-23(39-3)12-8-21)27-25-26(32-29(33-27)41-17-5-15-37)28(34-30(31-25)42-18-6-16-38)36(2)20-22-9-13-24(40-4)14-10-22/h7-14,37-38H,5-6,15-20H2,1-4H3. The first kappa shape index (κ1) is 30.5. The summed E-state index contributed by atoms with van der Waals surface area (Å²) in [6.07, 6.45) is 0.883. The Hall–Kier alpha value is -4.42. The van der Waals surface area contributed by atoms with E-state index in [0.717, 1.165) is 22.6 Å². The molecule has 0 aliphatic rings. The van der Waals surface area contributed by atoms with Crippen molar-refractivity contribution in [3.05, 3.63) is 59.7 Å². The summed E-state index contributed by atoms with van der Waals surface area (Å²) in [6.45, 7) is 1.53. The van der Waals surface area contributed by atoms with Gasteiger partial charge in [0.05, 0.1) is 27.4 Å². The molecule has 0 amide bonds. The van der Waals surface area contributed by atoms with Gasteiger partial charge in [-0.2, -0.15) is 19.9 Å². The van der Waals surface area contributed by atoms with Crippen molar-refractivity contribution < 1.29 is 29.2 Å². The van der Waals surface area contributed by atoms with Crippen molar-refractivity contribution in [3.63, 3.8) is 0 Å². The normalized spacial score (nSPS) is 10.9. The van der Waals surface area contributed by atoms with Crippen LogP contribution >= 0.6 is 0 Å². The van der Waals surface area contributed by atoms with Crippen LogP contribution in [0.15, 0.2) is 48.5 Å². The van der Waals surface area contributed by atoms with Gasteiger partial charge in [0.25, 0.3) is 0 Å². The van der Waals surface area contributed by atoms with Gasteiger partial charge in [0.15, 0.2) is 11.6 Å². The van der Waals surface area contributed by atoms with E-state index in [1.165, 1.54) is 0 Å². The van der Waals surface area contributed by atoms with Crippen LogP contribution in [0.4, 0.5) is 11.6 Å². The van der Waals surface area contributed by atoms with Crippen LogP contribution in [0.1, 0.15) is 24.0 Å². The SMILES string of the molecule is COc1ccc(CN(C)c2nc(OCCCO)nc3c(N(C)Cc4ccc(OC)cc4)nc(OCCCO)nc23)cc1. The summed E-state index contributed by atoms with van der Waals surface area (Å²) >= 11 is 0. The average Bonchev–Trinajstić information content (AvgIpc) is 3.01. The number of benzene rings is 2. The highest BCUT2D eigenvalue weighted by molar-refractivity contribution is 5.93. The molecule has 0 unspecified atom stereocenters. The fraction of sp³-hybridized carbons (Fsp3) is 0.400. The Balaban J connectivity index is 1.79. The van der Waals surface area contributed by atoms with E-state index < -0.39 is 0 Å². The number of ether oxygens (including phenoxy) is 4. The van der Waals surface area contributed by atoms with Crippen LogP contribution in [0, 0.1) is 0 Å². The van der Waals surface area contributed by atoms with Gasteiger partial charge in [0, 0.05) is 53.2 Å². The molecule has 2 aromatic heterocycles. The predicted octanol–water partition coefficient (Wildman–Crippen LogP) is 3.23. The van der Waals surface area contributed by atoms with E-state index >= 15 is 0 Å². The molecule has 2 N–H and O–H groups in total. The lowest BCUT2D eigenvalue weighted by Gasteiger charge is -2.24. The second-order valence-electron chi connectivity index (χ2n) is 9.62. The second kappa shape index (κ2) is 15.0. The largest absolute Gasteiger partial charge is 0.497 e. The maximum absolute atomic E-state index is 9.27. The maximum Gasteiger partial charge on any atom is 0.319 e. The lowest BCUT2D eigenvalue weighted by molar-refractivity contribution is 0.223. The number of aliphatic hydroxyl groups excluding tert-OH is 2. The third-order valence-electron chi connectivity index (χ3n) is 6.41. The molecule has 0 aliphatic carbocycles. The zero-order valence-electron chi connectivity index (χ0n) is 24.5. The van der Waals surface area contributed by atoms with Crippen LogP contribution in [-0.2, 0) is 13.1 Å².